The van der Waals surface area contributed by atoms with E-state index in [0.29, 0.717) is 11.4 Å². The second-order valence-corrected chi connectivity index (χ2v) is 5.58. The molecule has 3 rings (SSSR count). The molecule has 0 radical (unpaired) electrons. The maximum Gasteiger partial charge on any atom is 0.167 e. The Hall–Kier alpha value is -1.64. The molecule has 1 aliphatic heterocycles. The number of hydrogen-bond acceptors (Lipinski definition) is 2. The Morgan fingerprint density at radius 3 is 2.90 bits per heavy atom. The van der Waals surface area contributed by atoms with Crippen LogP contribution in [0, 0.1) is 0 Å². The van der Waals surface area contributed by atoms with Crippen molar-refractivity contribution in [1.29, 1.82) is 0 Å². The van der Waals surface area contributed by atoms with E-state index in [9.17, 15) is 4.79 Å². The first-order chi connectivity index (χ1) is 9.72. The number of hydrogen-bond donors (Lipinski definition) is 1. The van der Waals surface area contributed by atoms with Crippen LogP contribution in [0.4, 0.5) is 0 Å². The number of fused-ring (bicyclic) bond motifs is 1. The van der Waals surface area contributed by atoms with Crippen molar-refractivity contribution in [2.75, 3.05) is 6.54 Å². The Morgan fingerprint density at radius 2 is 2.05 bits per heavy atom. The van der Waals surface area contributed by atoms with Crippen LogP contribution in [0.5, 0.6) is 0 Å². The van der Waals surface area contributed by atoms with Crippen molar-refractivity contribution in [2.45, 2.75) is 19.4 Å². The average Bonchev–Trinajstić information content (AvgIpc) is 2.47. The third-order valence-electron chi connectivity index (χ3n) is 3.67. The summed E-state index contributed by atoms with van der Waals surface area (Å²) in [5, 5.41) is 4.01. The molecule has 0 fully saturated rings. The quantitative estimate of drug-likeness (QED) is 0.876. The van der Waals surface area contributed by atoms with E-state index in [2.05, 4.69) is 11.4 Å². The molecule has 1 N–H and O–H groups in total. The van der Waals surface area contributed by atoms with E-state index < -0.39 is 0 Å². The summed E-state index contributed by atoms with van der Waals surface area (Å²) in [4.78, 5) is 12.3. The van der Waals surface area contributed by atoms with Gasteiger partial charge in [-0.2, -0.15) is 0 Å². The first-order valence-corrected chi connectivity index (χ1v) is 7.20. The summed E-state index contributed by atoms with van der Waals surface area (Å²) < 4.78 is 0. The van der Waals surface area contributed by atoms with Gasteiger partial charge in [0.2, 0.25) is 0 Å². The Kier molecular flexibility index (Phi) is 3.86. The van der Waals surface area contributed by atoms with Gasteiger partial charge in [0.15, 0.2) is 5.78 Å². The van der Waals surface area contributed by atoms with Crippen molar-refractivity contribution in [3.8, 4) is 0 Å². The molecule has 0 spiro atoms. The standard InChI is InChI=1S/C17H16ClNO/c18-16-3-1-2-12(8-16)9-17(20)14-5-4-13-6-7-19-11-15(13)10-14/h1-5,8,10,19H,6-7,9,11H2. The fraction of sp³-hybridized carbons (Fsp3) is 0.235. The van der Waals surface area contributed by atoms with Gasteiger partial charge in [-0.1, -0.05) is 35.9 Å². The van der Waals surface area contributed by atoms with Gasteiger partial charge >= 0.3 is 0 Å². The maximum atomic E-state index is 12.3. The molecule has 1 aliphatic rings. The predicted octanol–water partition coefficient (Wildman–Crippen LogP) is 3.41. The molecule has 1 heterocycles. The van der Waals surface area contributed by atoms with Crippen molar-refractivity contribution in [2.24, 2.45) is 0 Å². The van der Waals surface area contributed by atoms with Crippen molar-refractivity contribution < 1.29 is 4.79 Å². The molecule has 0 aromatic heterocycles. The zero-order valence-electron chi connectivity index (χ0n) is 11.2. The van der Waals surface area contributed by atoms with Crippen molar-refractivity contribution in [3.05, 3.63) is 69.7 Å². The molecular weight excluding hydrogens is 270 g/mol. The number of nitrogens with one attached hydrogen (secondary N) is 1. The normalized spacial score (nSPS) is 13.8. The van der Waals surface area contributed by atoms with E-state index in [1.807, 2.05) is 36.4 Å². The zero-order valence-corrected chi connectivity index (χ0v) is 11.9. The molecule has 0 amide bonds. The number of carbonyl (C=O) groups excluding carboxylic acids is 1. The van der Waals surface area contributed by atoms with E-state index in [1.54, 1.807) is 0 Å². The Labute approximate surface area is 123 Å². The van der Waals surface area contributed by atoms with Gasteiger partial charge in [0, 0.05) is 23.6 Å². The van der Waals surface area contributed by atoms with Crippen LogP contribution in [0.2, 0.25) is 5.02 Å². The smallest absolute Gasteiger partial charge is 0.167 e. The van der Waals surface area contributed by atoms with Crippen molar-refractivity contribution in [3.63, 3.8) is 0 Å². The number of ketones is 1. The van der Waals surface area contributed by atoms with Gasteiger partial charge in [-0.25, -0.2) is 0 Å². The number of benzene rings is 2. The van der Waals surface area contributed by atoms with Crippen LogP contribution in [0.1, 0.15) is 27.0 Å². The highest BCUT2D eigenvalue weighted by molar-refractivity contribution is 6.30. The Bertz CT molecular complexity index is 651. The highest BCUT2D eigenvalue weighted by Crippen LogP contribution is 2.18. The summed E-state index contributed by atoms with van der Waals surface area (Å²) in [6.07, 6.45) is 1.44. The lowest BCUT2D eigenvalue weighted by Crippen LogP contribution is -2.23. The van der Waals surface area contributed by atoms with Gasteiger partial charge in [0.25, 0.3) is 0 Å². The molecule has 2 aromatic rings. The van der Waals surface area contributed by atoms with E-state index in [4.69, 9.17) is 11.6 Å². The molecule has 2 nitrogen and oxygen atoms in total. The molecule has 0 unspecified atom stereocenters. The maximum absolute atomic E-state index is 12.3. The van der Waals surface area contributed by atoms with Gasteiger partial charge in [-0.15, -0.1) is 0 Å². The molecular formula is C17H16ClNO. The molecule has 0 atom stereocenters. The van der Waals surface area contributed by atoms with E-state index >= 15 is 0 Å². The molecule has 3 heteroatoms. The summed E-state index contributed by atoms with van der Waals surface area (Å²) >= 11 is 5.95. The minimum absolute atomic E-state index is 0.139. The van der Waals surface area contributed by atoms with Crippen LogP contribution < -0.4 is 5.32 Å². The molecule has 0 saturated carbocycles. The van der Waals surface area contributed by atoms with Crippen LogP contribution in [0.15, 0.2) is 42.5 Å². The fourth-order valence-corrected chi connectivity index (χ4v) is 2.80. The number of rotatable bonds is 3. The Balaban J connectivity index is 1.80. The van der Waals surface area contributed by atoms with Crippen LogP contribution in [-0.2, 0) is 19.4 Å². The highest BCUT2D eigenvalue weighted by atomic mass is 35.5. The second-order valence-electron chi connectivity index (χ2n) is 5.14. The predicted molar refractivity (Wildman–Crippen MR) is 81.3 cm³/mol. The van der Waals surface area contributed by atoms with Gasteiger partial charge in [0.1, 0.15) is 0 Å². The van der Waals surface area contributed by atoms with Crippen LogP contribution in [0.25, 0.3) is 0 Å². The molecule has 20 heavy (non-hydrogen) atoms. The number of Topliss-reactive ketones (excluding diaryl/α,β-unsaturated/α-hetero) is 1. The first-order valence-electron chi connectivity index (χ1n) is 6.82. The van der Waals surface area contributed by atoms with Crippen LogP contribution in [0.3, 0.4) is 0 Å². The van der Waals surface area contributed by atoms with Gasteiger partial charge in [0.05, 0.1) is 0 Å². The lowest BCUT2D eigenvalue weighted by atomic mass is 9.95. The van der Waals surface area contributed by atoms with Crippen molar-refractivity contribution in [1.82, 2.24) is 5.32 Å². The topological polar surface area (TPSA) is 29.1 Å². The molecule has 0 saturated heterocycles. The van der Waals surface area contributed by atoms with E-state index in [1.165, 1.54) is 11.1 Å². The molecule has 2 aromatic carbocycles. The number of carbonyl (C=O) groups is 1. The van der Waals surface area contributed by atoms with E-state index in [0.717, 1.165) is 30.6 Å². The largest absolute Gasteiger partial charge is 0.312 e. The summed E-state index contributed by atoms with van der Waals surface area (Å²) in [6.45, 7) is 1.87. The van der Waals surface area contributed by atoms with Gasteiger partial charge < -0.3 is 5.32 Å². The molecule has 102 valence electrons. The average molecular weight is 286 g/mol. The summed E-state index contributed by atoms with van der Waals surface area (Å²) in [7, 11) is 0. The lowest BCUT2D eigenvalue weighted by molar-refractivity contribution is 0.0993. The second kappa shape index (κ2) is 5.78. The van der Waals surface area contributed by atoms with E-state index in [-0.39, 0.29) is 5.78 Å². The summed E-state index contributed by atoms with van der Waals surface area (Å²) in [6, 6.07) is 13.5. The van der Waals surface area contributed by atoms with Crippen LogP contribution >= 0.6 is 11.6 Å². The first kappa shape index (κ1) is 13.3. The van der Waals surface area contributed by atoms with Gasteiger partial charge in [-0.05, 0) is 47.9 Å². The van der Waals surface area contributed by atoms with Gasteiger partial charge in [-0.3, -0.25) is 4.79 Å². The highest BCUT2D eigenvalue weighted by Gasteiger charge is 2.13. The third kappa shape index (κ3) is 2.92. The minimum atomic E-state index is 0.139. The molecule has 0 aliphatic carbocycles. The van der Waals surface area contributed by atoms with Crippen LogP contribution in [-0.4, -0.2) is 12.3 Å². The number of halogens is 1. The molecule has 0 bridgehead atoms. The lowest BCUT2D eigenvalue weighted by Gasteiger charge is -2.17. The van der Waals surface area contributed by atoms with Crippen molar-refractivity contribution >= 4 is 17.4 Å². The third-order valence-corrected chi connectivity index (χ3v) is 3.90. The zero-order chi connectivity index (χ0) is 13.9. The fourth-order valence-electron chi connectivity index (χ4n) is 2.59. The summed E-state index contributed by atoms with van der Waals surface area (Å²) in [5.41, 5.74) is 4.34. The minimum Gasteiger partial charge on any atom is -0.312 e. The summed E-state index contributed by atoms with van der Waals surface area (Å²) in [5.74, 6) is 0.139. The monoisotopic (exact) mass is 285 g/mol. The SMILES string of the molecule is O=C(Cc1cccc(Cl)c1)c1ccc2c(c1)CNCC2. The Morgan fingerprint density at radius 1 is 1.15 bits per heavy atom.